The lowest BCUT2D eigenvalue weighted by Crippen LogP contribution is -2.42. The first-order valence-electron chi connectivity index (χ1n) is 10.8. The molecule has 1 aliphatic heterocycles. The minimum Gasteiger partial charge on any atom is -0.365 e. The van der Waals surface area contributed by atoms with Crippen LogP contribution in [0.15, 0.2) is 71.8 Å². The van der Waals surface area contributed by atoms with Crippen LogP contribution in [0.4, 0.5) is 11.5 Å². The maximum atomic E-state index is 13.8. The maximum Gasteiger partial charge on any atom is 0.245 e. The Hall–Kier alpha value is -3.23. The van der Waals surface area contributed by atoms with Crippen LogP contribution in [0.3, 0.4) is 0 Å². The van der Waals surface area contributed by atoms with E-state index in [1.165, 1.54) is 4.31 Å². The number of anilines is 2. The number of nitrogens with one attached hydrogen (secondary N) is 2. The molecule has 172 valence electrons. The molecule has 7 nitrogen and oxygen atoms in total. The summed E-state index contributed by atoms with van der Waals surface area (Å²) in [5.74, 6) is 0.130. The lowest BCUT2D eigenvalue weighted by atomic mass is 9.95. The highest BCUT2D eigenvalue weighted by Crippen LogP contribution is 2.39. The number of hydrogen-bond acceptors (Lipinski definition) is 5. The van der Waals surface area contributed by atoms with Crippen molar-refractivity contribution in [3.8, 4) is 0 Å². The van der Waals surface area contributed by atoms with E-state index in [0.29, 0.717) is 11.4 Å². The van der Waals surface area contributed by atoms with Crippen LogP contribution >= 0.6 is 0 Å². The van der Waals surface area contributed by atoms with Gasteiger partial charge in [-0.1, -0.05) is 62.7 Å². The van der Waals surface area contributed by atoms with Gasteiger partial charge >= 0.3 is 0 Å². The first kappa shape index (κ1) is 22.9. The molecule has 2 aromatic carbocycles. The molecule has 0 fully saturated rings. The fraction of sp³-hybridized carbons (Fsp3) is 0.280. The summed E-state index contributed by atoms with van der Waals surface area (Å²) in [6.07, 6.45) is 0.826. The third-order valence-electron chi connectivity index (χ3n) is 5.60. The number of hydrogen-bond donors (Lipinski definition) is 2. The SMILES string of the molecule is Cc1ccc(S(=O)(=O)N2Cc3ccccc3N[C@H]2c2cccnc2NC(=O)C(C)(C)C)cc1. The lowest BCUT2D eigenvalue weighted by Gasteiger charge is -2.38. The molecule has 1 aliphatic rings. The number of carbonyl (C=O) groups excluding carboxylic acids is 1. The number of nitrogens with zero attached hydrogens (tertiary/aromatic N) is 2. The molecule has 1 amide bonds. The quantitative estimate of drug-likeness (QED) is 0.585. The molecular formula is C25H28N4O3S. The number of aryl methyl sites for hydroxylation is 1. The van der Waals surface area contributed by atoms with Crippen molar-refractivity contribution >= 4 is 27.4 Å². The third kappa shape index (κ3) is 4.62. The summed E-state index contributed by atoms with van der Waals surface area (Å²) >= 11 is 0. The molecule has 0 radical (unpaired) electrons. The van der Waals surface area contributed by atoms with Crippen LogP contribution in [0.5, 0.6) is 0 Å². The summed E-state index contributed by atoms with van der Waals surface area (Å²) in [6, 6.07) is 17.9. The van der Waals surface area contributed by atoms with Crippen LogP contribution in [0.25, 0.3) is 0 Å². The lowest BCUT2D eigenvalue weighted by molar-refractivity contribution is -0.123. The number of rotatable bonds is 4. The second-order valence-corrected chi connectivity index (χ2v) is 11.1. The summed E-state index contributed by atoms with van der Waals surface area (Å²) in [5.41, 5.74) is 2.63. The molecule has 33 heavy (non-hydrogen) atoms. The third-order valence-corrected chi connectivity index (χ3v) is 7.42. The first-order valence-corrected chi connectivity index (χ1v) is 12.2. The van der Waals surface area contributed by atoms with Gasteiger partial charge < -0.3 is 10.6 Å². The zero-order valence-corrected chi connectivity index (χ0v) is 20.0. The highest BCUT2D eigenvalue weighted by molar-refractivity contribution is 7.89. The second-order valence-electron chi connectivity index (χ2n) is 9.21. The number of sulfonamides is 1. The molecule has 1 atom stereocenters. The molecule has 0 saturated heterocycles. The van der Waals surface area contributed by atoms with Crippen LogP contribution in [-0.2, 0) is 21.4 Å². The fourth-order valence-corrected chi connectivity index (χ4v) is 5.12. The minimum absolute atomic E-state index is 0.186. The van der Waals surface area contributed by atoms with E-state index in [0.717, 1.165) is 16.8 Å². The molecule has 0 bridgehead atoms. The number of pyridine rings is 1. The van der Waals surface area contributed by atoms with Crippen LogP contribution in [0.2, 0.25) is 0 Å². The molecule has 4 rings (SSSR count). The van der Waals surface area contributed by atoms with Gasteiger partial charge in [-0.25, -0.2) is 13.4 Å². The summed E-state index contributed by atoms with van der Waals surface area (Å²) in [6.45, 7) is 7.54. The number of amides is 1. The van der Waals surface area contributed by atoms with E-state index in [2.05, 4.69) is 15.6 Å². The Morgan fingerprint density at radius 3 is 2.45 bits per heavy atom. The van der Waals surface area contributed by atoms with E-state index in [9.17, 15) is 13.2 Å². The average molecular weight is 465 g/mol. The molecule has 1 aromatic heterocycles. The van der Waals surface area contributed by atoms with Gasteiger partial charge in [0.25, 0.3) is 0 Å². The number of aromatic nitrogens is 1. The predicted octanol–water partition coefficient (Wildman–Crippen LogP) is 4.69. The van der Waals surface area contributed by atoms with Crippen molar-refractivity contribution in [2.75, 3.05) is 10.6 Å². The van der Waals surface area contributed by atoms with Gasteiger partial charge in [-0.2, -0.15) is 4.31 Å². The van der Waals surface area contributed by atoms with Gasteiger partial charge in [-0.15, -0.1) is 0 Å². The van der Waals surface area contributed by atoms with Crippen molar-refractivity contribution in [3.05, 3.63) is 83.6 Å². The molecular weight excluding hydrogens is 436 g/mol. The van der Waals surface area contributed by atoms with Gasteiger partial charge in [0, 0.05) is 29.4 Å². The normalized spacial score (nSPS) is 16.5. The molecule has 3 aromatic rings. The van der Waals surface area contributed by atoms with E-state index in [1.54, 1.807) is 42.6 Å². The zero-order valence-electron chi connectivity index (χ0n) is 19.2. The van der Waals surface area contributed by atoms with E-state index in [4.69, 9.17) is 0 Å². The molecule has 0 aliphatic carbocycles. The molecule has 0 spiro atoms. The van der Waals surface area contributed by atoms with Gasteiger partial charge in [-0.05, 0) is 36.8 Å². The van der Waals surface area contributed by atoms with E-state index < -0.39 is 21.6 Å². The molecule has 2 N–H and O–H groups in total. The smallest absolute Gasteiger partial charge is 0.245 e. The topological polar surface area (TPSA) is 91.4 Å². The fourth-order valence-electron chi connectivity index (χ4n) is 3.62. The van der Waals surface area contributed by atoms with Crippen LogP contribution < -0.4 is 10.6 Å². The number of para-hydroxylation sites is 1. The minimum atomic E-state index is -3.86. The van der Waals surface area contributed by atoms with Crippen LogP contribution in [0, 0.1) is 12.3 Å². The molecule has 0 saturated carbocycles. The predicted molar refractivity (Wildman–Crippen MR) is 129 cm³/mol. The largest absolute Gasteiger partial charge is 0.365 e. The number of benzene rings is 2. The van der Waals surface area contributed by atoms with E-state index in [-0.39, 0.29) is 17.3 Å². The number of fused-ring (bicyclic) bond motifs is 1. The Kier molecular flexibility index (Phi) is 5.99. The highest BCUT2D eigenvalue weighted by atomic mass is 32.2. The molecule has 8 heteroatoms. The van der Waals surface area contributed by atoms with Gasteiger partial charge in [0.05, 0.1) is 4.90 Å². The second kappa shape index (κ2) is 8.61. The highest BCUT2D eigenvalue weighted by Gasteiger charge is 2.38. The first-order chi connectivity index (χ1) is 15.6. The van der Waals surface area contributed by atoms with Gasteiger partial charge in [-0.3, -0.25) is 4.79 Å². The van der Waals surface area contributed by atoms with Gasteiger partial charge in [0.1, 0.15) is 12.0 Å². The van der Waals surface area contributed by atoms with Crippen LogP contribution in [0.1, 0.15) is 43.6 Å². The summed E-state index contributed by atoms with van der Waals surface area (Å²) in [5, 5.41) is 6.24. The number of carbonyl (C=O) groups is 1. The molecule has 0 unspecified atom stereocenters. The van der Waals surface area contributed by atoms with Crippen molar-refractivity contribution in [3.63, 3.8) is 0 Å². The van der Waals surface area contributed by atoms with Gasteiger partial charge in [0.15, 0.2) is 0 Å². The maximum absolute atomic E-state index is 13.8. The van der Waals surface area contributed by atoms with E-state index >= 15 is 0 Å². The summed E-state index contributed by atoms with van der Waals surface area (Å²) < 4.78 is 28.9. The Morgan fingerprint density at radius 2 is 1.76 bits per heavy atom. The van der Waals surface area contributed by atoms with Crippen molar-refractivity contribution in [2.45, 2.75) is 45.3 Å². The van der Waals surface area contributed by atoms with Gasteiger partial charge in [0.2, 0.25) is 15.9 Å². The Balaban J connectivity index is 1.82. The average Bonchev–Trinajstić information content (AvgIpc) is 2.78. The van der Waals surface area contributed by atoms with Crippen molar-refractivity contribution in [1.29, 1.82) is 0 Å². The van der Waals surface area contributed by atoms with Crippen molar-refractivity contribution < 1.29 is 13.2 Å². The zero-order chi connectivity index (χ0) is 23.8. The molecule has 2 heterocycles. The summed E-state index contributed by atoms with van der Waals surface area (Å²) in [7, 11) is -3.86. The summed E-state index contributed by atoms with van der Waals surface area (Å²) in [4.78, 5) is 17.3. The monoisotopic (exact) mass is 464 g/mol. The van der Waals surface area contributed by atoms with Crippen molar-refractivity contribution in [1.82, 2.24) is 9.29 Å². The Bertz CT molecular complexity index is 1280. The van der Waals surface area contributed by atoms with Crippen LogP contribution in [-0.4, -0.2) is 23.6 Å². The van der Waals surface area contributed by atoms with E-state index in [1.807, 2.05) is 52.0 Å². The van der Waals surface area contributed by atoms with Crippen molar-refractivity contribution in [2.24, 2.45) is 5.41 Å². The Labute approximate surface area is 194 Å². The Morgan fingerprint density at radius 1 is 1.06 bits per heavy atom. The standard InChI is InChI=1S/C25H28N4O3S/c1-17-11-13-19(14-12-17)33(31,32)29-16-18-8-5-6-10-21(18)27-23(29)20-9-7-15-26-22(20)28-24(30)25(2,3)4/h5-15,23,27H,16H2,1-4H3,(H,26,28,30)/t23-/m1/s1.